The minimum Gasteiger partial charge on any atom is -0.334 e. The van der Waals surface area contributed by atoms with Gasteiger partial charge in [0.15, 0.2) is 0 Å². The van der Waals surface area contributed by atoms with E-state index in [-0.39, 0.29) is 16.7 Å². The number of carbonyl (C=O) groups is 1. The Labute approximate surface area is 226 Å². The van der Waals surface area contributed by atoms with Crippen molar-refractivity contribution in [3.05, 3.63) is 110 Å². The molecule has 38 heavy (non-hydrogen) atoms. The second-order valence-corrected chi connectivity index (χ2v) is 8.76. The van der Waals surface area contributed by atoms with Crippen molar-refractivity contribution >= 4 is 52.1 Å². The van der Waals surface area contributed by atoms with Gasteiger partial charge in [0.25, 0.3) is 5.91 Å². The SMILES string of the molecule is Cc1cc(C(C#N)c2ccc(Cl)cc2)c(Cl)cc1Nc1ncnc(NNC(=O)c2ccncc2)c1[N+](=O)[O-]. The zero-order chi connectivity index (χ0) is 27.2. The number of benzene rings is 2. The number of halogens is 2. The fourth-order valence-electron chi connectivity index (χ4n) is 3.59. The topological polar surface area (TPSA) is 159 Å². The minimum absolute atomic E-state index is 0.132. The number of aromatic nitrogens is 3. The molecule has 2 aromatic carbocycles. The lowest BCUT2D eigenvalue weighted by Gasteiger charge is -2.17. The third-order valence-corrected chi connectivity index (χ3v) is 6.06. The number of nitro groups is 1. The van der Waals surface area contributed by atoms with E-state index in [9.17, 15) is 20.2 Å². The molecule has 0 aliphatic heterocycles. The molecule has 1 atom stereocenters. The summed E-state index contributed by atoms with van der Waals surface area (Å²) in [5, 5.41) is 25.5. The van der Waals surface area contributed by atoms with Gasteiger partial charge < -0.3 is 5.32 Å². The summed E-state index contributed by atoms with van der Waals surface area (Å²) in [5.41, 5.74) is 7.01. The molecule has 0 radical (unpaired) electrons. The maximum absolute atomic E-state index is 12.3. The van der Waals surface area contributed by atoms with Crippen LogP contribution in [-0.2, 0) is 0 Å². The van der Waals surface area contributed by atoms with E-state index < -0.39 is 22.4 Å². The van der Waals surface area contributed by atoms with Crippen molar-refractivity contribution in [3.8, 4) is 6.07 Å². The highest BCUT2D eigenvalue weighted by atomic mass is 35.5. The predicted octanol–water partition coefficient (Wildman–Crippen LogP) is 5.55. The molecule has 0 spiro atoms. The van der Waals surface area contributed by atoms with Crippen LogP contribution in [0.25, 0.3) is 0 Å². The molecule has 190 valence electrons. The summed E-state index contributed by atoms with van der Waals surface area (Å²) >= 11 is 12.5. The number of anilines is 3. The highest BCUT2D eigenvalue weighted by Crippen LogP contribution is 2.37. The van der Waals surface area contributed by atoms with Gasteiger partial charge in [0.1, 0.15) is 6.33 Å². The monoisotopic (exact) mass is 548 g/mol. The van der Waals surface area contributed by atoms with Gasteiger partial charge in [0, 0.05) is 33.7 Å². The quantitative estimate of drug-likeness (QED) is 0.189. The molecule has 0 aliphatic carbocycles. The number of nitriles is 1. The molecule has 3 N–H and O–H groups in total. The number of amides is 1. The van der Waals surface area contributed by atoms with Gasteiger partial charge in [-0.1, -0.05) is 41.4 Å². The number of hydrazine groups is 1. The molecule has 2 heterocycles. The van der Waals surface area contributed by atoms with Crippen molar-refractivity contribution in [2.75, 3.05) is 10.7 Å². The van der Waals surface area contributed by atoms with Gasteiger partial charge in [-0.05, 0) is 53.9 Å². The summed E-state index contributed by atoms with van der Waals surface area (Å²) in [7, 11) is 0. The minimum atomic E-state index is -0.680. The van der Waals surface area contributed by atoms with Gasteiger partial charge in [-0.2, -0.15) is 5.26 Å². The first-order chi connectivity index (χ1) is 18.3. The molecule has 11 nitrogen and oxygen atoms in total. The van der Waals surface area contributed by atoms with E-state index in [4.69, 9.17) is 23.2 Å². The Balaban J connectivity index is 1.61. The molecule has 4 aromatic rings. The standard InChI is InChI=1S/C25H18Cl2N8O3/c1-14-10-18(19(12-28)15-2-4-17(26)5-3-15)20(27)11-21(14)32-23-22(35(37)38)24(31-13-30-23)33-34-25(36)16-6-8-29-9-7-16/h2-11,13,19H,1H3,(H,34,36)(H2,30,31,32,33). The number of pyridine rings is 1. The maximum atomic E-state index is 12.3. The Morgan fingerprint density at radius 1 is 1.08 bits per heavy atom. The number of hydrogen-bond donors (Lipinski definition) is 3. The van der Waals surface area contributed by atoms with Gasteiger partial charge in [0.05, 0.1) is 16.9 Å². The lowest BCUT2D eigenvalue weighted by atomic mass is 9.91. The van der Waals surface area contributed by atoms with E-state index in [0.29, 0.717) is 27.4 Å². The lowest BCUT2D eigenvalue weighted by molar-refractivity contribution is -0.383. The molecule has 0 aliphatic rings. The first-order valence-electron chi connectivity index (χ1n) is 11.0. The van der Waals surface area contributed by atoms with E-state index >= 15 is 0 Å². The number of rotatable bonds is 8. The van der Waals surface area contributed by atoms with Crippen molar-refractivity contribution in [3.63, 3.8) is 0 Å². The van der Waals surface area contributed by atoms with Gasteiger partial charge in [-0.25, -0.2) is 9.97 Å². The number of hydrogen-bond acceptors (Lipinski definition) is 9. The van der Waals surface area contributed by atoms with Crippen LogP contribution in [0.15, 0.2) is 67.3 Å². The highest BCUT2D eigenvalue weighted by molar-refractivity contribution is 6.32. The third-order valence-electron chi connectivity index (χ3n) is 5.48. The van der Waals surface area contributed by atoms with Gasteiger partial charge >= 0.3 is 5.69 Å². The Bertz CT molecular complexity index is 1540. The van der Waals surface area contributed by atoms with Crippen LogP contribution in [0.1, 0.15) is 33.0 Å². The Morgan fingerprint density at radius 2 is 1.76 bits per heavy atom. The number of nitrogens with one attached hydrogen (secondary N) is 3. The second-order valence-electron chi connectivity index (χ2n) is 7.92. The van der Waals surface area contributed by atoms with Crippen LogP contribution >= 0.6 is 23.2 Å². The summed E-state index contributed by atoms with van der Waals surface area (Å²) < 4.78 is 0. The van der Waals surface area contributed by atoms with E-state index in [1.807, 2.05) is 0 Å². The summed E-state index contributed by atoms with van der Waals surface area (Å²) in [6.07, 6.45) is 3.99. The summed E-state index contributed by atoms with van der Waals surface area (Å²) in [4.78, 5) is 35.3. The van der Waals surface area contributed by atoms with Gasteiger partial charge in [-0.3, -0.25) is 30.7 Å². The largest absolute Gasteiger partial charge is 0.355 e. The van der Waals surface area contributed by atoms with Crippen molar-refractivity contribution in [1.29, 1.82) is 5.26 Å². The van der Waals surface area contributed by atoms with Crippen LogP contribution in [0.5, 0.6) is 0 Å². The van der Waals surface area contributed by atoms with E-state index in [1.165, 1.54) is 24.5 Å². The Hall–Kier alpha value is -4.79. The Morgan fingerprint density at radius 3 is 2.42 bits per heavy atom. The van der Waals surface area contributed by atoms with Crippen LogP contribution in [0.4, 0.5) is 23.0 Å². The molecule has 1 amide bonds. The average molecular weight is 549 g/mol. The Kier molecular flexibility index (Phi) is 7.96. The van der Waals surface area contributed by atoms with Gasteiger partial charge in [0.2, 0.25) is 11.6 Å². The number of nitrogens with zero attached hydrogens (tertiary/aromatic N) is 5. The number of aryl methyl sites for hydroxylation is 1. The summed E-state index contributed by atoms with van der Waals surface area (Å²) in [6, 6.07) is 15.4. The molecule has 0 saturated heterocycles. The second kappa shape index (κ2) is 11.5. The van der Waals surface area contributed by atoms with Crippen molar-refractivity contribution in [2.24, 2.45) is 0 Å². The zero-order valence-corrected chi connectivity index (χ0v) is 21.2. The summed E-state index contributed by atoms with van der Waals surface area (Å²) in [5.74, 6) is -1.56. The predicted molar refractivity (Wildman–Crippen MR) is 142 cm³/mol. The van der Waals surface area contributed by atoms with Crippen LogP contribution in [0.3, 0.4) is 0 Å². The molecule has 2 aromatic heterocycles. The third kappa shape index (κ3) is 5.78. The smallest absolute Gasteiger partial charge is 0.334 e. The summed E-state index contributed by atoms with van der Waals surface area (Å²) in [6.45, 7) is 1.76. The van der Waals surface area contributed by atoms with Crippen LogP contribution in [0.2, 0.25) is 10.0 Å². The first kappa shape index (κ1) is 26.3. The van der Waals surface area contributed by atoms with Crippen molar-refractivity contribution < 1.29 is 9.72 Å². The highest BCUT2D eigenvalue weighted by Gasteiger charge is 2.25. The maximum Gasteiger partial charge on any atom is 0.355 e. The van der Waals surface area contributed by atoms with Crippen molar-refractivity contribution in [1.82, 2.24) is 20.4 Å². The van der Waals surface area contributed by atoms with Crippen LogP contribution in [-0.4, -0.2) is 25.8 Å². The fourth-order valence-corrected chi connectivity index (χ4v) is 3.99. The molecular formula is C25H18Cl2N8O3. The molecular weight excluding hydrogens is 531 g/mol. The van der Waals surface area contributed by atoms with Crippen LogP contribution < -0.4 is 16.2 Å². The van der Waals surface area contributed by atoms with E-state index in [1.54, 1.807) is 43.3 Å². The molecule has 0 saturated carbocycles. The molecule has 0 fully saturated rings. The van der Waals surface area contributed by atoms with Crippen LogP contribution in [0, 0.1) is 28.4 Å². The molecule has 13 heteroatoms. The molecule has 0 bridgehead atoms. The molecule has 4 rings (SSSR count). The first-order valence-corrected chi connectivity index (χ1v) is 11.7. The zero-order valence-electron chi connectivity index (χ0n) is 19.6. The number of carbonyl (C=O) groups excluding carboxylic acids is 1. The lowest BCUT2D eigenvalue weighted by Crippen LogP contribution is -2.30. The van der Waals surface area contributed by atoms with Crippen molar-refractivity contribution in [2.45, 2.75) is 12.8 Å². The van der Waals surface area contributed by atoms with E-state index in [0.717, 1.165) is 11.9 Å². The molecule has 1 unspecified atom stereocenters. The normalized spacial score (nSPS) is 11.2. The average Bonchev–Trinajstić information content (AvgIpc) is 2.91. The van der Waals surface area contributed by atoms with Gasteiger partial charge in [-0.15, -0.1) is 0 Å². The van der Waals surface area contributed by atoms with E-state index in [2.05, 4.69) is 37.2 Å². The fraction of sp³-hybridized carbons (Fsp3) is 0.0800.